The Kier molecular flexibility index (Phi) is 3.52. The third kappa shape index (κ3) is 2.58. The van der Waals surface area contributed by atoms with Gasteiger partial charge < -0.3 is 9.84 Å². The Hall–Kier alpha value is -1.96. The molecule has 0 unspecified atom stereocenters. The summed E-state index contributed by atoms with van der Waals surface area (Å²) in [5.41, 5.74) is 2.90. The van der Waals surface area contributed by atoms with Gasteiger partial charge in [-0.3, -0.25) is 0 Å². The van der Waals surface area contributed by atoms with Crippen LogP contribution in [0.1, 0.15) is 26.3 Å². The number of benzene rings is 2. The van der Waals surface area contributed by atoms with E-state index in [9.17, 15) is 5.11 Å². The fourth-order valence-corrected chi connectivity index (χ4v) is 2.35. The third-order valence-electron chi connectivity index (χ3n) is 3.20. The first kappa shape index (κ1) is 13.5. The summed E-state index contributed by atoms with van der Waals surface area (Å²) in [6.07, 6.45) is 0. The number of hydrogen-bond acceptors (Lipinski definition) is 2. The van der Waals surface area contributed by atoms with Crippen LogP contribution < -0.4 is 4.74 Å². The lowest BCUT2D eigenvalue weighted by atomic mass is 9.81. The van der Waals surface area contributed by atoms with Gasteiger partial charge in [0.15, 0.2) is 11.5 Å². The summed E-state index contributed by atoms with van der Waals surface area (Å²) >= 11 is 0. The molecule has 0 bridgehead atoms. The molecule has 0 atom stereocenters. The number of methoxy groups -OCH3 is 1. The van der Waals surface area contributed by atoms with Crippen LogP contribution in [-0.4, -0.2) is 12.2 Å². The van der Waals surface area contributed by atoms with E-state index in [0.717, 1.165) is 16.7 Å². The molecule has 0 fully saturated rings. The van der Waals surface area contributed by atoms with Crippen molar-refractivity contribution in [1.29, 1.82) is 0 Å². The molecule has 2 heteroatoms. The molecule has 100 valence electrons. The van der Waals surface area contributed by atoms with Crippen LogP contribution in [0.15, 0.2) is 42.5 Å². The smallest absolute Gasteiger partial charge is 0.162 e. The fraction of sp³-hybridized carbons (Fsp3) is 0.294. The van der Waals surface area contributed by atoms with Crippen LogP contribution in [0.5, 0.6) is 11.5 Å². The Balaban J connectivity index is 2.72. The minimum atomic E-state index is -0.163. The van der Waals surface area contributed by atoms with E-state index in [2.05, 4.69) is 32.9 Å². The molecule has 0 aromatic heterocycles. The molecule has 0 radical (unpaired) electrons. The zero-order valence-corrected chi connectivity index (χ0v) is 11.9. The van der Waals surface area contributed by atoms with Crippen molar-refractivity contribution in [2.45, 2.75) is 26.2 Å². The predicted molar refractivity (Wildman–Crippen MR) is 78.8 cm³/mol. The highest BCUT2D eigenvalue weighted by Gasteiger charge is 2.25. The first-order chi connectivity index (χ1) is 8.95. The molecule has 0 aliphatic rings. The van der Waals surface area contributed by atoms with Crippen LogP contribution in [0.25, 0.3) is 11.1 Å². The van der Waals surface area contributed by atoms with E-state index in [0.29, 0.717) is 5.75 Å². The van der Waals surface area contributed by atoms with E-state index in [4.69, 9.17) is 4.74 Å². The first-order valence-corrected chi connectivity index (χ1v) is 6.41. The maximum Gasteiger partial charge on any atom is 0.162 e. The van der Waals surface area contributed by atoms with Gasteiger partial charge in [0.25, 0.3) is 0 Å². The SMILES string of the molecule is COc1ccc(-c2ccccc2)c(C(C)(C)C)c1O. The number of ether oxygens (including phenoxy) is 1. The van der Waals surface area contributed by atoms with Gasteiger partial charge in [0.05, 0.1) is 7.11 Å². The summed E-state index contributed by atoms with van der Waals surface area (Å²) in [6, 6.07) is 13.9. The minimum Gasteiger partial charge on any atom is -0.504 e. The molecule has 19 heavy (non-hydrogen) atoms. The van der Waals surface area contributed by atoms with Crippen LogP contribution in [0, 0.1) is 0 Å². The highest BCUT2D eigenvalue weighted by Crippen LogP contribution is 2.43. The molecule has 2 aromatic carbocycles. The van der Waals surface area contributed by atoms with Gasteiger partial charge in [-0.2, -0.15) is 0 Å². The molecule has 0 saturated heterocycles. The van der Waals surface area contributed by atoms with Crippen molar-refractivity contribution < 1.29 is 9.84 Å². The maximum absolute atomic E-state index is 10.4. The molecule has 0 spiro atoms. The van der Waals surface area contributed by atoms with Gasteiger partial charge in [-0.25, -0.2) is 0 Å². The Morgan fingerprint density at radius 2 is 1.58 bits per heavy atom. The zero-order chi connectivity index (χ0) is 14.0. The number of phenols is 1. The summed E-state index contributed by atoms with van der Waals surface area (Å²) in [6.45, 7) is 6.27. The number of phenolic OH excluding ortho intramolecular Hbond substituents is 1. The summed E-state index contributed by atoms with van der Waals surface area (Å²) in [5, 5.41) is 10.4. The van der Waals surface area contributed by atoms with Gasteiger partial charge in [-0.05, 0) is 22.6 Å². The molecule has 0 heterocycles. The van der Waals surface area contributed by atoms with E-state index in [1.54, 1.807) is 7.11 Å². The quantitative estimate of drug-likeness (QED) is 0.864. The minimum absolute atomic E-state index is 0.163. The Morgan fingerprint density at radius 3 is 2.11 bits per heavy atom. The molecule has 0 aliphatic heterocycles. The van der Waals surface area contributed by atoms with Crippen LogP contribution in [-0.2, 0) is 5.41 Å². The number of aromatic hydroxyl groups is 1. The van der Waals surface area contributed by atoms with E-state index in [1.807, 2.05) is 30.3 Å². The molecular weight excluding hydrogens is 236 g/mol. The van der Waals surface area contributed by atoms with Crippen LogP contribution in [0.2, 0.25) is 0 Å². The maximum atomic E-state index is 10.4. The van der Waals surface area contributed by atoms with Crippen LogP contribution in [0.4, 0.5) is 0 Å². The summed E-state index contributed by atoms with van der Waals surface area (Å²) < 4.78 is 5.22. The Bertz CT molecular complexity index is 566. The molecule has 0 saturated carbocycles. The van der Waals surface area contributed by atoms with Gasteiger partial charge in [0.2, 0.25) is 0 Å². The van der Waals surface area contributed by atoms with E-state index in [-0.39, 0.29) is 11.2 Å². The lowest BCUT2D eigenvalue weighted by Gasteiger charge is -2.25. The molecule has 0 aliphatic carbocycles. The second-order valence-corrected chi connectivity index (χ2v) is 5.66. The molecule has 1 N–H and O–H groups in total. The van der Waals surface area contributed by atoms with Crippen LogP contribution in [0.3, 0.4) is 0 Å². The second kappa shape index (κ2) is 4.96. The van der Waals surface area contributed by atoms with Gasteiger partial charge in [-0.1, -0.05) is 57.2 Å². The highest BCUT2D eigenvalue weighted by molar-refractivity contribution is 5.73. The topological polar surface area (TPSA) is 29.5 Å². The van der Waals surface area contributed by atoms with Crippen molar-refractivity contribution in [1.82, 2.24) is 0 Å². The fourth-order valence-electron chi connectivity index (χ4n) is 2.35. The van der Waals surface area contributed by atoms with Crippen molar-refractivity contribution >= 4 is 0 Å². The Labute approximate surface area is 114 Å². The van der Waals surface area contributed by atoms with Crippen molar-refractivity contribution in [2.75, 3.05) is 7.11 Å². The second-order valence-electron chi connectivity index (χ2n) is 5.66. The molecule has 2 aromatic rings. The molecule has 0 amide bonds. The van der Waals surface area contributed by atoms with E-state index in [1.165, 1.54) is 0 Å². The number of hydrogen-bond donors (Lipinski definition) is 1. The summed E-state index contributed by atoms with van der Waals surface area (Å²) in [4.78, 5) is 0. The monoisotopic (exact) mass is 256 g/mol. The van der Waals surface area contributed by atoms with Gasteiger partial charge >= 0.3 is 0 Å². The summed E-state index contributed by atoms with van der Waals surface area (Å²) in [7, 11) is 1.57. The average Bonchev–Trinajstić information content (AvgIpc) is 2.38. The predicted octanol–water partition coefficient (Wildman–Crippen LogP) is 4.37. The largest absolute Gasteiger partial charge is 0.504 e. The van der Waals surface area contributed by atoms with Crippen molar-refractivity contribution in [3.63, 3.8) is 0 Å². The average molecular weight is 256 g/mol. The summed E-state index contributed by atoms with van der Waals surface area (Å²) in [5.74, 6) is 0.751. The standard InChI is InChI=1S/C17H20O2/c1-17(2,3)15-13(12-8-6-5-7-9-12)10-11-14(19-4)16(15)18/h5-11,18H,1-4H3. The third-order valence-corrected chi connectivity index (χ3v) is 3.20. The van der Waals surface area contributed by atoms with Crippen LogP contribution >= 0.6 is 0 Å². The lowest BCUT2D eigenvalue weighted by molar-refractivity contribution is 0.364. The van der Waals surface area contributed by atoms with Crippen molar-refractivity contribution in [3.05, 3.63) is 48.0 Å². The molecule has 2 rings (SSSR count). The molecule has 2 nitrogen and oxygen atoms in total. The van der Waals surface area contributed by atoms with E-state index < -0.39 is 0 Å². The van der Waals surface area contributed by atoms with E-state index >= 15 is 0 Å². The van der Waals surface area contributed by atoms with Gasteiger partial charge in [0.1, 0.15) is 0 Å². The highest BCUT2D eigenvalue weighted by atomic mass is 16.5. The lowest BCUT2D eigenvalue weighted by Crippen LogP contribution is -2.13. The molecular formula is C17H20O2. The van der Waals surface area contributed by atoms with Crippen molar-refractivity contribution in [2.24, 2.45) is 0 Å². The normalized spacial score (nSPS) is 11.4. The zero-order valence-electron chi connectivity index (χ0n) is 11.9. The Morgan fingerprint density at radius 1 is 0.947 bits per heavy atom. The van der Waals surface area contributed by atoms with Crippen molar-refractivity contribution in [3.8, 4) is 22.6 Å². The van der Waals surface area contributed by atoms with Gasteiger partial charge in [-0.15, -0.1) is 0 Å². The first-order valence-electron chi connectivity index (χ1n) is 6.41. The number of rotatable bonds is 2. The van der Waals surface area contributed by atoms with Gasteiger partial charge in [0, 0.05) is 5.56 Å².